The van der Waals surface area contributed by atoms with Gasteiger partial charge in [0.1, 0.15) is 0 Å². The van der Waals surface area contributed by atoms with Crippen LogP contribution in [0.15, 0.2) is 18.2 Å². The summed E-state index contributed by atoms with van der Waals surface area (Å²) in [5, 5.41) is 10.1. The van der Waals surface area contributed by atoms with Crippen LogP contribution in [0.2, 0.25) is 0 Å². The minimum atomic E-state index is -0.368. The minimum absolute atomic E-state index is 0.368. The van der Waals surface area contributed by atoms with Gasteiger partial charge in [-0.1, -0.05) is 18.2 Å². The Hall–Kier alpha value is -0.820. The van der Waals surface area contributed by atoms with Crippen LogP contribution in [-0.2, 0) is 19.3 Å². The van der Waals surface area contributed by atoms with Crippen molar-refractivity contribution >= 4 is 0 Å². The Morgan fingerprint density at radius 2 is 1.87 bits per heavy atom. The fourth-order valence-corrected chi connectivity index (χ4v) is 2.88. The standard InChI is InChI=1S/C14H18O/c15-14(7-2-8-14)10-11-5-6-12-3-1-4-13(12)9-11/h5-6,9,15H,1-4,7-8,10H2. The van der Waals surface area contributed by atoms with E-state index < -0.39 is 0 Å². The van der Waals surface area contributed by atoms with E-state index in [-0.39, 0.29) is 5.60 Å². The zero-order valence-electron chi connectivity index (χ0n) is 9.13. The molecule has 0 aromatic heterocycles. The predicted octanol–water partition coefficient (Wildman–Crippen LogP) is 2.63. The molecule has 0 bridgehead atoms. The monoisotopic (exact) mass is 202 g/mol. The van der Waals surface area contributed by atoms with E-state index in [2.05, 4.69) is 18.2 Å². The molecule has 0 aliphatic heterocycles. The van der Waals surface area contributed by atoms with Crippen molar-refractivity contribution in [3.8, 4) is 0 Å². The number of hydrogen-bond acceptors (Lipinski definition) is 1. The average molecular weight is 202 g/mol. The van der Waals surface area contributed by atoms with Gasteiger partial charge in [0.25, 0.3) is 0 Å². The first-order valence-electron chi connectivity index (χ1n) is 6.08. The van der Waals surface area contributed by atoms with Crippen LogP contribution in [0, 0.1) is 0 Å². The maximum atomic E-state index is 10.1. The Morgan fingerprint density at radius 3 is 2.60 bits per heavy atom. The van der Waals surface area contributed by atoms with Gasteiger partial charge in [0.15, 0.2) is 0 Å². The zero-order valence-corrected chi connectivity index (χ0v) is 9.13. The highest BCUT2D eigenvalue weighted by atomic mass is 16.3. The van der Waals surface area contributed by atoms with Gasteiger partial charge < -0.3 is 5.11 Å². The molecule has 0 unspecified atom stereocenters. The lowest BCUT2D eigenvalue weighted by Crippen LogP contribution is -2.38. The third-order valence-electron chi connectivity index (χ3n) is 3.98. The van der Waals surface area contributed by atoms with Crippen molar-refractivity contribution in [2.45, 2.75) is 50.5 Å². The van der Waals surface area contributed by atoms with E-state index in [0.717, 1.165) is 19.3 Å². The molecule has 1 saturated carbocycles. The van der Waals surface area contributed by atoms with Crippen LogP contribution in [0.4, 0.5) is 0 Å². The molecule has 80 valence electrons. The molecule has 1 fully saturated rings. The van der Waals surface area contributed by atoms with E-state index in [9.17, 15) is 5.11 Å². The topological polar surface area (TPSA) is 20.2 Å². The second-order valence-electron chi connectivity index (χ2n) is 5.21. The van der Waals surface area contributed by atoms with Gasteiger partial charge in [0.05, 0.1) is 5.60 Å². The van der Waals surface area contributed by atoms with Crippen LogP contribution in [0.1, 0.15) is 42.4 Å². The number of rotatable bonds is 2. The number of benzene rings is 1. The second-order valence-corrected chi connectivity index (χ2v) is 5.21. The molecular formula is C14H18O. The first-order valence-corrected chi connectivity index (χ1v) is 6.08. The highest BCUT2D eigenvalue weighted by Gasteiger charge is 2.34. The summed E-state index contributed by atoms with van der Waals surface area (Å²) in [6.07, 6.45) is 7.83. The SMILES string of the molecule is OC1(Cc2ccc3c(c2)CCC3)CCC1. The minimum Gasteiger partial charge on any atom is -0.390 e. The molecule has 0 atom stereocenters. The van der Waals surface area contributed by atoms with Gasteiger partial charge in [-0.3, -0.25) is 0 Å². The van der Waals surface area contributed by atoms with Gasteiger partial charge in [-0.05, 0) is 55.2 Å². The molecule has 0 radical (unpaired) electrons. The van der Waals surface area contributed by atoms with E-state index >= 15 is 0 Å². The molecule has 1 aromatic rings. The molecule has 2 aliphatic rings. The second kappa shape index (κ2) is 3.34. The lowest BCUT2D eigenvalue weighted by molar-refractivity contribution is -0.0323. The van der Waals surface area contributed by atoms with Crippen LogP contribution in [-0.4, -0.2) is 10.7 Å². The van der Waals surface area contributed by atoms with Crippen molar-refractivity contribution in [2.24, 2.45) is 0 Å². The van der Waals surface area contributed by atoms with Gasteiger partial charge in [0, 0.05) is 6.42 Å². The molecule has 0 amide bonds. The van der Waals surface area contributed by atoms with Gasteiger partial charge in [-0.25, -0.2) is 0 Å². The van der Waals surface area contributed by atoms with E-state index in [1.807, 2.05) is 0 Å². The van der Waals surface area contributed by atoms with E-state index in [0.29, 0.717) is 0 Å². The van der Waals surface area contributed by atoms with Crippen molar-refractivity contribution in [3.63, 3.8) is 0 Å². The third kappa shape index (κ3) is 1.69. The number of fused-ring (bicyclic) bond motifs is 1. The predicted molar refractivity (Wildman–Crippen MR) is 61.0 cm³/mol. The molecule has 0 spiro atoms. The van der Waals surface area contributed by atoms with Crippen molar-refractivity contribution in [2.75, 3.05) is 0 Å². The van der Waals surface area contributed by atoms with Crippen molar-refractivity contribution in [1.82, 2.24) is 0 Å². The van der Waals surface area contributed by atoms with Crippen molar-refractivity contribution < 1.29 is 5.11 Å². The van der Waals surface area contributed by atoms with Crippen LogP contribution in [0.3, 0.4) is 0 Å². The van der Waals surface area contributed by atoms with E-state index in [1.54, 1.807) is 0 Å². The van der Waals surface area contributed by atoms with Gasteiger partial charge in [-0.2, -0.15) is 0 Å². The number of aliphatic hydroxyl groups is 1. The third-order valence-corrected chi connectivity index (χ3v) is 3.98. The Kier molecular flexibility index (Phi) is 2.10. The van der Waals surface area contributed by atoms with Gasteiger partial charge >= 0.3 is 0 Å². The Bertz CT molecular complexity index is 377. The maximum Gasteiger partial charge on any atom is 0.0688 e. The highest BCUT2D eigenvalue weighted by Crippen LogP contribution is 2.35. The normalized spacial score (nSPS) is 22.2. The number of aryl methyl sites for hydroxylation is 2. The first-order chi connectivity index (χ1) is 7.25. The molecule has 1 nitrogen and oxygen atoms in total. The van der Waals surface area contributed by atoms with Crippen molar-refractivity contribution in [1.29, 1.82) is 0 Å². The molecule has 15 heavy (non-hydrogen) atoms. The molecule has 3 rings (SSSR count). The summed E-state index contributed by atoms with van der Waals surface area (Å²) < 4.78 is 0. The molecule has 0 saturated heterocycles. The lowest BCUT2D eigenvalue weighted by Gasteiger charge is -2.36. The smallest absolute Gasteiger partial charge is 0.0688 e. The molecule has 1 aromatic carbocycles. The van der Waals surface area contributed by atoms with Crippen molar-refractivity contribution in [3.05, 3.63) is 34.9 Å². The molecule has 0 heterocycles. The maximum absolute atomic E-state index is 10.1. The Morgan fingerprint density at radius 1 is 1.07 bits per heavy atom. The summed E-state index contributed by atoms with van der Waals surface area (Å²) in [6.45, 7) is 0. The number of hydrogen-bond donors (Lipinski definition) is 1. The molecule has 1 heteroatoms. The summed E-state index contributed by atoms with van der Waals surface area (Å²) >= 11 is 0. The summed E-state index contributed by atoms with van der Waals surface area (Å²) in [4.78, 5) is 0. The fraction of sp³-hybridized carbons (Fsp3) is 0.571. The molecule has 2 aliphatic carbocycles. The van der Waals surface area contributed by atoms with Crippen LogP contribution >= 0.6 is 0 Å². The zero-order chi connectivity index (χ0) is 10.3. The lowest BCUT2D eigenvalue weighted by atomic mass is 9.76. The summed E-state index contributed by atoms with van der Waals surface area (Å²) in [5.74, 6) is 0. The average Bonchev–Trinajstić information content (AvgIpc) is 2.62. The van der Waals surface area contributed by atoms with E-state index in [1.165, 1.54) is 42.4 Å². The van der Waals surface area contributed by atoms with Crippen LogP contribution in [0.5, 0.6) is 0 Å². The van der Waals surface area contributed by atoms with Crippen LogP contribution < -0.4 is 0 Å². The molecular weight excluding hydrogens is 184 g/mol. The summed E-state index contributed by atoms with van der Waals surface area (Å²) in [7, 11) is 0. The quantitative estimate of drug-likeness (QED) is 0.781. The van der Waals surface area contributed by atoms with Crippen LogP contribution in [0.25, 0.3) is 0 Å². The Balaban J connectivity index is 1.81. The van der Waals surface area contributed by atoms with E-state index in [4.69, 9.17) is 0 Å². The summed E-state index contributed by atoms with van der Waals surface area (Å²) in [6, 6.07) is 6.79. The highest BCUT2D eigenvalue weighted by molar-refractivity contribution is 5.36. The van der Waals surface area contributed by atoms with Gasteiger partial charge in [0.2, 0.25) is 0 Å². The Labute approximate surface area is 91.1 Å². The summed E-state index contributed by atoms with van der Waals surface area (Å²) in [5.41, 5.74) is 4.01. The largest absolute Gasteiger partial charge is 0.390 e. The van der Waals surface area contributed by atoms with Gasteiger partial charge in [-0.15, -0.1) is 0 Å². The fourth-order valence-electron chi connectivity index (χ4n) is 2.88. The molecule has 1 N–H and O–H groups in total. The first kappa shape index (κ1) is 9.41.